The van der Waals surface area contributed by atoms with E-state index in [1.165, 1.54) is 0 Å². The molecule has 0 unspecified atom stereocenters. The van der Waals surface area contributed by atoms with Crippen molar-refractivity contribution in [3.8, 4) is 0 Å². The summed E-state index contributed by atoms with van der Waals surface area (Å²) in [5.74, 6) is 0. The molecule has 0 bridgehead atoms. The fourth-order valence-corrected chi connectivity index (χ4v) is 0.691. The molecule has 0 aliphatic rings. The van der Waals surface area contributed by atoms with Crippen LogP contribution < -0.4 is 5.73 Å². The van der Waals surface area contributed by atoms with E-state index in [0.29, 0.717) is 0 Å². The van der Waals surface area contributed by atoms with E-state index in [1.807, 2.05) is 47.9 Å². The van der Waals surface area contributed by atoms with Crippen LogP contribution in [0.3, 0.4) is 0 Å². The van der Waals surface area contributed by atoms with E-state index in [4.69, 9.17) is 5.73 Å². The van der Waals surface area contributed by atoms with E-state index in [0.717, 1.165) is 12.1 Å². The molecule has 0 aliphatic heterocycles. The molecule has 3 heteroatoms. The summed E-state index contributed by atoms with van der Waals surface area (Å²) >= 11 is 0. The zero-order valence-corrected chi connectivity index (χ0v) is 10.5. The summed E-state index contributed by atoms with van der Waals surface area (Å²) in [5.41, 5.74) is 6.25. The molecule has 0 aromatic heterocycles. The smallest absolute Gasteiger partial charge is 0.0516 e. The molecule has 0 spiro atoms. The first-order chi connectivity index (χ1) is 6.39. The van der Waals surface area contributed by atoms with Gasteiger partial charge in [-0.1, -0.05) is 27.4 Å². The second-order valence-corrected chi connectivity index (χ2v) is 3.40. The van der Waals surface area contributed by atoms with E-state index < -0.39 is 5.54 Å². The van der Waals surface area contributed by atoms with Gasteiger partial charge in [-0.3, -0.25) is 5.01 Å². The molecule has 0 aromatic rings. The van der Waals surface area contributed by atoms with Crippen LogP contribution in [0.25, 0.3) is 0 Å². The predicted molar refractivity (Wildman–Crippen MR) is 65.3 cm³/mol. The molecule has 0 radical (unpaired) electrons. The van der Waals surface area contributed by atoms with Crippen molar-refractivity contribution in [3.05, 3.63) is 12.3 Å². The summed E-state index contributed by atoms with van der Waals surface area (Å²) in [4.78, 5) is 0. The summed E-state index contributed by atoms with van der Waals surface area (Å²) < 4.78 is 0. The Hall–Kier alpha value is -0.830. The topological polar surface area (TPSA) is 41.6 Å². The zero-order valence-electron chi connectivity index (χ0n) is 10.5. The van der Waals surface area contributed by atoms with Crippen molar-refractivity contribution in [1.29, 1.82) is 0 Å². The summed E-state index contributed by atoms with van der Waals surface area (Å²) in [7, 11) is 1.85. The highest BCUT2D eigenvalue weighted by molar-refractivity contribution is 5.56. The standard InChI is InChI=1S/C9H19N3.C2H6/c1-6-7-11-12(5)8(2)9(3,4)10;1-2/h7H,2,6,10H2,1,3-5H3;1-2H3/b11-7-;. The summed E-state index contributed by atoms with van der Waals surface area (Å²) in [6.45, 7) is 13.7. The van der Waals surface area contributed by atoms with Gasteiger partial charge in [0.05, 0.1) is 5.54 Å². The molecule has 0 amide bonds. The Kier molecular flexibility index (Phi) is 8.44. The van der Waals surface area contributed by atoms with Gasteiger partial charge in [-0.05, 0) is 20.3 Å². The lowest BCUT2D eigenvalue weighted by Gasteiger charge is -2.27. The Balaban J connectivity index is 0. The van der Waals surface area contributed by atoms with Crippen LogP contribution in [-0.4, -0.2) is 23.8 Å². The van der Waals surface area contributed by atoms with Crippen LogP contribution in [0.5, 0.6) is 0 Å². The van der Waals surface area contributed by atoms with Gasteiger partial charge < -0.3 is 5.73 Å². The molecule has 2 N–H and O–H groups in total. The Morgan fingerprint density at radius 1 is 1.50 bits per heavy atom. The van der Waals surface area contributed by atoms with Crippen LogP contribution in [0, 0.1) is 0 Å². The quantitative estimate of drug-likeness (QED) is 0.558. The molecule has 3 nitrogen and oxygen atoms in total. The number of hydrazone groups is 1. The van der Waals surface area contributed by atoms with Gasteiger partial charge in [0, 0.05) is 19.0 Å². The molecule has 0 aromatic carbocycles. The highest BCUT2D eigenvalue weighted by atomic mass is 15.4. The van der Waals surface area contributed by atoms with Crippen molar-refractivity contribution >= 4 is 6.21 Å². The fraction of sp³-hybridized carbons (Fsp3) is 0.727. The van der Waals surface area contributed by atoms with Crippen LogP contribution in [0.1, 0.15) is 41.0 Å². The van der Waals surface area contributed by atoms with Crippen LogP contribution in [-0.2, 0) is 0 Å². The zero-order chi connectivity index (χ0) is 11.8. The lowest BCUT2D eigenvalue weighted by Crippen LogP contribution is -2.39. The van der Waals surface area contributed by atoms with Crippen molar-refractivity contribution in [1.82, 2.24) is 5.01 Å². The molecule has 0 aliphatic carbocycles. The first kappa shape index (κ1) is 15.6. The van der Waals surface area contributed by atoms with E-state index in [1.54, 1.807) is 5.01 Å². The molecule has 0 atom stereocenters. The molecular weight excluding hydrogens is 174 g/mol. The monoisotopic (exact) mass is 199 g/mol. The van der Waals surface area contributed by atoms with E-state index in [2.05, 4.69) is 11.7 Å². The van der Waals surface area contributed by atoms with Crippen LogP contribution in [0.15, 0.2) is 17.4 Å². The minimum Gasteiger partial charge on any atom is -0.321 e. The van der Waals surface area contributed by atoms with Gasteiger partial charge in [-0.15, -0.1) is 0 Å². The minimum absolute atomic E-state index is 0.403. The van der Waals surface area contributed by atoms with Gasteiger partial charge in [-0.2, -0.15) is 5.10 Å². The molecule has 0 rings (SSSR count). The highest BCUT2D eigenvalue weighted by Crippen LogP contribution is 2.13. The van der Waals surface area contributed by atoms with Gasteiger partial charge >= 0.3 is 0 Å². The van der Waals surface area contributed by atoms with Gasteiger partial charge in [0.2, 0.25) is 0 Å². The van der Waals surface area contributed by atoms with Crippen LogP contribution in [0.2, 0.25) is 0 Å². The number of nitrogens with zero attached hydrogens (tertiary/aromatic N) is 2. The Bertz CT molecular complexity index is 177. The summed E-state index contributed by atoms with van der Waals surface area (Å²) in [6.07, 6.45) is 2.75. The van der Waals surface area contributed by atoms with Gasteiger partial charge in [0.15, 0.2) is 0 Å². The number of likely N-dealkylation sites (N-methyl/N-ethyl adjacent to an activating group) is 1. The van der Waals surface area contributed by atoms with E-state index in [-0.39, 0.29) is 0 Å². The largest absolute Gasteiger partial charge is 0.321 e. The van der Waals surface area contributed by atoms with Crippen molar-refractivity contribution < 1.29 is 0 Å². The maximum Gasteiger partial charge on any atom is 0.0516 e. The second kappa shape index (κ2) is 7.56. The Labute approximate surface area is 88.7 Å². The number of hydrogen-bond donors (Lipinski definition) is 1. The van der Waals surface area contributed by atoms with E-state index >= 15 is 0 Å². The molecule has 0 saturated carbocycles. The van der Waals surface area contributed by atoms with Gasteiger partial charge in [-0.25, -0.2) is 0 Å². The van der Waals surface area contributed by atoms with Crippen LogP contribution >= 0.6 is 0 Å². The van der Waals surface area contributed by atoms with Crippen molar-refractivity contribution in [2.24, 2.45) is 10.8 Å². The molecule has 14 heavy (non-hydrogen) atoms. The van der Waals surface area contributed by atoms with Crippen molar-refractivity contribution in [2.75, 3.05) is 7.05 Å². The average Bonchev–Trinajstić information content (AvgIpc) is 2.14. The summed E-state index contributed by atoms with van der Waals surface area (Å²) in [6, 6.07) is 0. The minimum atomic E-state index is -0.403. The molecule has 84 valence electrons. The third-order valence-corrected chi connectivity index (χ3v) is 1.57. The summed E-state index contributed by atoms with van der Waals surface area (Å²) in [5, 5.41) is 5.85. The van der Waals surface area contributed by atoms with Crippen molar-refractivity contribution in [2.45, 2.75) is 46.6 Å². The second-order valence-electron chi connectivity index (χ2n) is 3.40. The number of rotatable bonds is 4. The molecule has 0 heterocycles. The first-order valence-corrected chi connectivity index (χ1v) is 5.14. The average molecular weight is 199 g/mol. The lowest BCUT2D eigenvalue weighted by molar-refractivity contribution is 0.370. The Morgan fingerprint density at radius 3 is 2.21 bits per heavy atom. The normalized spacial score (nSPS) is 10.8. The third-order valence-electron chi connectivity index (χ3n) is 1.57. The molecule has 0 saturated heterocycles. The van der Waals surface area contributed by atoms with Crippen LogP contribution in [0.4, 0.5) is 0 Å². The van der Waals surface area contributed by atoms with Gasteiger partial charge in [0.1, 0.15) is 0 Å². The third kappa shape index (κ3) is 6.66. The number of nitrogens with two attached hydrogens (primary N) is 1. The maximum atomic E-state index is 5.84. The lowest BCUT2D eigenvalue weighted by atomic mass is 10.0. The fourth-order valence-electron chi connectivity index (χ4n) is 0.691. The SMILES string of the molecule is C=C(N(C)/N=C\CC)C(C)(C)N.CC. The first-order valence-electron chi connectivity index (χ1n) is 5.14. The maximum absolute atomic E-state index is 5.84. The van der Waals surface area contributed by atoms with Gasteiger partial charge in [0.25, 0.3) is 0 Å². The highest BCUT2D eigenvalue weighted by Gasteiger charge is 2.18. The van der Waals surface area contributed by atoms with Crippen molar-refractivity contribution in [3.63, 3.8) is 0 Å². The Morgan fingerprint density at radius 2 is 1.93 bits per heavy atom. The molecule has 0 fully saturated rings. The predicted octanol–water partition coefficient (Wildman–Crippen LogP) is 2.59. The number of hydrogen-bond acceptors (Lipinski definition) is 3. The van der Waals surface area contributed by atoms with E-state index in [9.17, 15) is 0 Å². The molecular formula is C11H25N3.